The number of hydrogen-bond acceptors (Lipinski definition) is 4. The molecule has 2 unspecified atom stereocenters. The van der Waals surface area contributed by atoms with Gasteiger partial charge in [-0.2, -0.15) is 0 Å². The fraction of sp³-hybridized carbons (Fsp3) is 0.514. The van der Waals surface area contributed by atoms with Gasteiger partial charge >= 0.3 is 0 Å². The number of rotatable bonds is 3. The SMILES string of the molecule is C=Cc1nc2c3c(c4ccccc4c2nc1/C=C\C)OC(C)(C)C1CCC(C)C[C@H]31.CC(=O)NC1CCCCC1. The molecule has 2 saturated carbocycles. The Morgan fingerprint density at radius 1 is 1.02 bits per heavy atom. The van der Waals surface area contributed by atoms with Crippen molar-refractivity contribution in [3.8, 4) is 5.75 Å². The van der Waals surface area contributed by atoms with Crippen LogP contribution in [0.5, 0.6) is 5.75 Å². The van der Waals surface area contributed by atoms with Crippen LogP contribution >= 0.6 is 0 Å². The highest BCUT2D eigenvalue weighted by molar-refractivity contribution is 6.10. The van der Waals surface area contributed by atoms with E-state index in [2.05, 4.69) is 56.9 Å². The Kier molecular flexibility index (Phi) is 8.30. The number of hydrogen-bond donors (Lipinski definition) is 1. The number of carbonyl (C=O) groups excluding carboxylic acids is 1. The van der Waals surface area contributed by atoms with E-state index in [1.165, 1.54) is 56.9 Å². The molecule has 5 nitrogen and oxygen atoms in total. The number of fused-ring (bicyclic) bond motifs is 8. The maximum absolute atomic E-state index is 10.6. The molecule has 0 spiro atoms. The first-order valence-electron chi connectivity index (χ1n) is 15.2. The van der Waals surface area contributed by atoms with Gasteiger partial charge in [-0.15, -0.1) is 0 Å². The lowest BCUT2D eigenvalue weighted by Crippen LogP contribution is -2.46. The van der Waals surface area contributed by atoms with E-state index in [4.69, 9.17) is 14.7 Å². The van der Waals surface area contributed by atoms with Gasteiger partial charge in [-0.1, -0.05) is 69.5 Å². The Bertz CT molecular complexity index is 1430. The van der Waals surface area contributed by atoms with E-state index in [1.807, 2.05) is 25.2 Å². The average molecular weight is 540 g/mol. The van der Waals surface area contributed by atoms with Gasteiger partial charge in [-0.3, -0.25) is 4.79 Å². The highest BCUT2D eigenvalue weighted by atomic mass is 16.5. The lowest BCUT2D eigenvalue weighted by Gasteiger charge is -2.49. The van der Waals surface area contributed by atoms with Crippen molar-refractivity contribution in [3.63, 3.8) is 0 Å². The number of aromatic nitrogens is 2. The molecule has 0 saturated heterocycles. The zero-order valence-corrected chi connectivity index (χ0v) is 24.9. The first kappa shape index (κ1) is 28.3. The van der Waals surface area contributed by atoms with E-state index in [0.717, 1.165) is 38.9 Å². The zero-order valence-electron chi connectivity index (χ0n) is 24.9. The molecule has 3 aliphatic rings. The van der Waals surface area contributed by atoms with Gasteiger partial charge in [-0.05, 0) is 70.4 Å². The molecule has 1 N–H and O–H groups in total. The van der Waals surface area contributed by atoms with Crippen molar-refractivity contribution in [1.82, 2.24) is 15.3 Å². The highest BCUT2D eigenvalue weighted by Crippen LogP contribution is 2.56. The van der Waals surface area contributed by atoms with Crippen LogP contribution in [0.3, 0.4) is 0 Å². The van der Waals surface area contributed by atoms with Gasteiger partial charge in [0.1, 0.15) is 11.4 Å². The topological polar surface area (TPSA) is 64.1 Å². The van der Waals surface area contributed by atoms with E-state index in [0.29, 0.717) is 23.8 Å². The summed E-state index contributed by atoms with van der Waals surface area (Å²) < 4.78 is 6.79. The summed E-state index contributed by atoms with van der Waals surface area (Å²) in [4.78, 5) is 20.8. The van der Waals surface area contributed by atoms with Crippen molar-refractivity contribution in [2.24, 2.45) is 11.8 Å². The molecule has 2 aliphatic carbocycles. The maximum Gasteiger partial charge on any atom is 0.217 e. The molecule has 0 bridgehead atoms. The molecule has 40 heavy (non-hydrogen) atoms. The molecule has 1 aliphatic heterocycles. The Morgan fingerprint density at radius 3 is 2.40 bits per heavy atom. The van der Waals surface area contributed by atoms with Crippen molar-refractivity contribution < 1.29 is 9.53 Å². The lowest BCUT2D eigenvalue weighted by atomic mass is 9.64. The summed E-state index contributed by atoms with van der Waals surface area (Å²) >= 11 is 0. The standard InChI is InChI=1S/C27H30N2O.C8H15NO/c1-6-10-22-21(7-2)28-25-23-19-15-16(3)13-14-20(19)27(4,5)30-26(23)18-12-9-8-11-17(18)24(25)29-22;1-7(10)9-8-5-3-2-4-6-8/h6-12,16,19-20H,2,13-15H2,1,3-5H3;8H,2-6H2,1H3,(H,9,10)/b10-6-;/t16?,19-,20?;/m0./s1. The minimum atomic E-state index is -0.187. The third-order valence-corrected chi connectivity index (χ3v) is 9.15. The van der Waals surface area contributed by atoms with Gasteiger partial charge in [-0.25, -0.2) is 9.97 Å². The average Bonchev–Trinajstić information content (AvgIpc) is 2.93. The first-order chi connectivity index (χ1) is 19.2. The number of nitrogens with one attached hydrogen (secondary N) is 1. The normalized spacial score (nSPS) is 24.0. The van der Waals surface area contributed by atoms with Crippen LogP contribution in [0.25, 0.3) is 34.0 Å². The second-order valence-electron chi connectivity index (χ2n) is 12.6. The van der Waals surface area contributed by atoms with Crippen LogP contribution in [0.2, 0.25) is 0 Å². The van der Waals surface area contributed by atoms with Crippen LogP contribution in [-0.4, -0.2) is 27.5 Å². The fourth-order valence-corrected chi connectivity index (χ4v) is 7.27. The van der Waals surface area contributed by atoms with Crippen LogP contribution < -0.4 is 10.1 Å². The van der Waals surface area contributed by atoms with Crippen LogP contribution in [0.1, 0.15) is 109 Å². The molecular formula is C35H45N3O2. The summed E-state index contributed by atoms with van der Waals surface area (Å²) in [5.41, 5.74) is 4.75. The van der Waals surface area contributed by atoms with Crippen LogP contribution in [0.4, 0.5) is 0 Å². The van der Waals surface area contributed by atoms with E-state index in [1.54, 1.807) is 6.92 Å². The van der Waals surface area contributed by atoms with Crippen LogP contribution in [0.15, 0.2) is 36.9 Å². The molecule has 2 heterocycles. The minimum Gasteiger partial charge on any atom is -0.487 e. The Hall–Kier alpha value is -3.21. The molecule has 2 aromatic carbocycles. The predicted molar refractivity (Wildman–Crippen MR) is 166 cm³/mol. The monoisotopic (exact) mass is 539 g/mol. The molecule has 6 rings (SSSR count). The number of nitrogens with zero attached hydrogens (tertiary/aromatic N) is 2. The van der Waals surface area contributed by atoms with Gasteiger partial charge in [0.05, 0.1) is 22.4 Å². The number of amides is 1. The summed E-state index contributed by atoms with van der Waals surface area (Å²) in [5.74, 6) is 2.78. The molecule has 2 fully saturated rings. The largest absolute Gasteiger partial charge is 0.487 e. The van der Waals surface area contributed by atoms with E-state index in [-0.39, 0.29) is 11.5 Å². The molecule has 3 atom stereocenters. The van der Waals surface area contributed by atoms with Gasteiger partial charge in [0.25, 0.3) is 0 Å². The van der Waals surface area contributed by atoms with Crippen LogP contribution in [-0.2, 0) is 4.79 Å². The Morgan fingerprint density at radius 2 is 1.73 bits per heavy atom. The van der Waals surface area contributed by atoms with Gasteiger partial charge < -0.3 is 10.1 Å². The zero-order chi connectivity index (χ0) is 28.4. The second kappa shape index (κ2) is 11.7. The highest BCUT2D eigenvalue weighted by Gasteiger charge is 2.47. The third kappa shape index (κ3) is 5.53. The summed E-state index contributed by atoms with van der Waals surface area (Å²) in [6, 6.07) is 8.97. The molecule has 212 valence electrons. The van der Waals surface area contributed by atoms with Crippen LogP contribution in [0, 0.1) is 11.8 Å². The second-order valence-corrected chi connectivity index (χ2v) is 12.6. The van der Waals surface area contributed by atoms with Gasteiger partial charge in [0.2, 0.25) is 5.91 Å². The molecule has 5 heteroatoms. The molecular weight excluding hydrogens is 494 g/mol. The van der Waals surface area contributed by atoms with Crippen molar-refractivity contribution in [2.45, 2.75) is 104 Å². The first-order valence-corrected chi connectivity index (χ1v) is 15.2. The number of ether oxygens (including phenoxy) is 1. The van der Waals surface area contributed by atoms with E-state index in [9.17, 15) is 4.79 Å². The Balaban J connectivity index is 0.000000274. The molecule has 1 amide bonds. The van der Waals surface area contributed by atoms with Crippen molar-refractivity contribution in [3.05, 3.63) is 53.9 Å². The number of benzene rings is 2. The summed E-state index contributed by atoms with van der Waals surface area (Å²) in [6.07, 6.45) is 15.8. The lowest BCUT2D eigenvalue weighted by molar-refractivity contribution is -0.119. The van der Waals surface area contributed by atoms with Gasteiger partial charge in [0.15, 0.2) is 0 Å². The molecule has 3 aromatic rings. The van der Waals surface area contributed by atoms with Crippen molar-refractivity contribution in [1.29, 1.82) is 0 Å². The smallest absolute Gasteiger partial charge is 0.217 e. The number of carbonyl (C=O) groups is 1. The maximum atomic E-state index is 10.6. The van der Waals surface area contributed by atoms with E-state index >= 15 is 0 Å². The van der Waals surface area contributed by atoms with Crippen molar-refractivity contribution in [2.75, 3.05) is 0 Å². The number of allylic oxidation sites excluding steroid dienone is 1. The predicted octanol–water partition coefficient (Wildman–Crippen LogP) is 8.61. The third-order valence-electron chi connectivity index (χ3n) is 9.15. The quantitative estimate of drug-likeness (QED) is 0.339. The summed E-state index contributed by atoms with van der Waals surface area (Å²) in [6.45, 7) is 14.5. The van der Waals surface area contributed by atoms with Crippen molar-refractivity contribution >= 4 is 39.9 Å². The fourth-order valence-electron chi connectivity index (χ4n) is 7.27. The Labute approximate surface area is 239 Å². The summed E-state index contributed by atoms with van der Waals surface area (Å²) in [7, 11) is 0. The molecule has 1 aromatic heterocycles. The minimum absolute atomic E-state index is 0.118. The van der Waals surface area contributed by atoms with Gasteiger partial charge in [0, 0.05) is 35.2 Å². The molecule has 0 radical (unpaired) electrons. The van der Waals surface area contributed by atoms with E-state index < -0.39 is 0 Å². The summed E-state index contributed by atoms with van der Waals surface area (Å²) in [5, 5.41) is 5.20.